The van der Waals surface area contributed by atoms with Crippen molar-refractivity contribution in [1.82, 2.24) is 24.6 Å². The Balaban J connectivity index is 1.76. The molecule has 2 atom stereocenters. The van der Waals surface area contributed by atoms with E-state index in [1.165, 1.54) is 6.33 Å². The van der Waals surface area contributed by atoms with Crippen LogP contribution < -0.4 is 15.3 Å². The molecule has 0 saturated heterocycles. The highest BCUT2D eigenvalue weighted by Gasteiger charge is 2.40. The molecular weight excluding hydrogens is 471 g/mol. The van der Waals surface area contributed by atoms with Gasteiger partial charge in [-0.3, -0.25) is 9.36 Å². The summed E-state index contributed by atoms with van der Waals surface area (Å²) in [6.07, 6.45) is 1.96. The molecule has 1 aromatic carbocycles. The van der Waals surface area contributed by atoms with Crippen LogP contribution in [0.1, 0.15) is 40.2 Å². The number of imidazole rings is 1. The van der Waals surface area contributed by atoms with Crippen LogP contribution in [0.2, 0.25) is 0 Å². The second-order valence-corrected chi connectivity index (χ2v) is 11.2. The van der Waals surface area contributed by atoms with Gasteiger partial charge in [0.25, 0.3) is 0 Å². The molecule has 11 nitrogen and oxygen atoms in total. The van der Waals surface area contributed by atoms with Crippen molar-refractivity contribution in [3.05, 3.63) is 42.5 Å². The zero-order chi connectivity index (χ0) is 25.8. The van der Waals surface area contributed by atoms with Gasteiger partial charge in [-0.25, -0.2) is 20.0 Å². The van der Waals surface area contributed by atoms with Gasteiger partial charge in [0, 0.05) is 0 Å². The van der Waals surface area contributed by atoms with Crippen LogP contribution in [0.25, 0.3) is 11.2 Å². The molecule has 0 bridgehead atoms. The molecule has 0 radical (unpaired) electrons. The van der Waals surface area contributed by atoms with Crippen LogP contribution in [0.5, 0.6) is 5.75 Å². The zero-order valence-corrected chi connectivity index (χ0v) is 21.8. The van der Waals surface area contributed by atoms with Crippen LogP contribution in [-0.4, -0.2) is 49.6 Å². The number of rotatable bonds is 11. The highest BCUT2D eigenvalue weighted by atomic mass is 31.2. The molecule has 0 aliphatic rings. The minimum atomic E-state index is -3.72. The van der Waals surface area contributed by atoms with E-state index in [1.54, 1.807) is 50.7 Å². The zero-order valence-electron chi connectivity index (χ0n) is 20.9. The molecule has 2 aromatic heterocycles. The van der Waals surface area contributed by atoms with Crippen molar-refractivity contribution in [3.63, 3.8) is 0 Å². The number of carbonyl (C=O) groups is 1. The number of ether oxygens (including phenoxy) is 2. The number of carbonyl (C=O) groups excluding carboxylic acids is 1. The first-order valence-corrected chi connectivity index (χ1v) is 13.1. The molecule has 35 heavy (non-hydrogen) atoms. The standard InChI is InChI=1S/C23H33N6O5P/c1-15(2)33-22(30)23(5,6)28-35(31,34-18-9-7-16(3)8-10-18)14-32-17(4)11-29-13-27-19-20(24)25-12-26-21(19)29/h7-10,12-13,15,17H,11,14H2,1-6H3,(H,28,31)(H2,24,25,26)/t17-,35?/m1/s1. The number of hydrogen-bond donors (Lipinski definition) is 2. The summed E-state index contributed by atoms with van der Waals surface area (Å²) in [5.41, 5.74) is 6.67. The van der Waals surface area contributed by atoms with Crippen molar-refractivity contribution in [2.24, 2.45) is 0 Å². The summed E-state index contributed by atoms with van der Waals surface area (Å²) in [6, 6.07) is 7.13. The summed E-state index contributed by atoms with van der Waals surface area (Å²) in [5, 5.41) is 2.87. The smallest absolute Gasteiger partial charge is 0.342 e. The topological polar surface area (TPSA) is 143 Å². The number of aromatic nitrogens is 4. The lowest BCUT2D eigenvalue weighted by atomic mass is 10.1. The van der Waals surface area contributed by atoms with Crippen LogP contribution in [0.3, 0.4) is 0 Å². The van der Waals surface area contributed by atoms with E-state index in [2.05, 4.69) is 20.0 Å². The lowest BCUT2D eigenvalue weighted by Crippen LogP contribution is -2.48. The van der Waals surface area contributed by atoms with Gasteiger partial charge in [0.1, 0.15) is 29.5 Å². The summed E-state index contributed by atoms with van der Waals surface area (Å²) >= 11 is 0. The van der Waals surface area contributed by atoms with Crippen molar-refractivity contribution < 1.29 is 23.4 Å². The Kier molecular flexibility index (Phi) is 8.15. The molecule has 2 heterocycles. The largest absolute Gasteiger partial charge is 0.462 e. The predicted octanol–water partition coefficient (Wildman–Crippen LogP) is 3.67. The number of nitrogens with one attached hydrogen (secondary N) is 1. The van der Waals surface area contributed by atoms with Crippen molar-refractivity contribution in [3.8, 4) is 5.75 Å². The summed E-state index contributed by atoms with van der Waals surface area (Å²) < 4.78 is 32.8. The summed E-state index contributed by atoms with van der Waals surface area (Å²) in [6.45, 7) is 10.8. The van der Waals surface area contributed by atoms with E-state index >= 15 is 0 Å². The lowest BCUT2D eigenvalue weighted by molar-refractivity contribution is -0.153. The number of nitrogens with zero attached hydrogens (tertiary/aromatic N) is 4. The summed E-state index contributed by atoms with van der Waals surface area (Å²) in [4.78, 5) is 25.0. The fourth-order valence-corrected chi connectivity index (χ4v) is 5.29. The Bertz CT molecular complexity index is 1210. The highest BCUT2D eigenvalue weighted by molar-refractivity contribution is 7.57. The second-order valence-electron chi connectivity index (χ2n) is 9.20. The van der Waals surface area contributed by atoms with Gasteiger partial charge in [-0.15, -0.1) is 0 Å². The van der Waals surface area contributed by atoms with Crippen molar-refractivity contribution in [1.29, 1.82) is 0 Å². The Labute approximate surface area is 204 Å². The lowest BCUT2D eigenvalue weighted by Gasteiger charge is -2.31. The monoisotopic (exact) mass is 504 g/mol. The van der Waals surface area contributed by atoms with Crippen LogP contribution in [0.15, 0.2) is 36.9 Å². The number of hydrogen-bond acceptors (Lipinski definition) is 9. The van der Waals surface area contributed by atoms with E-state index in [-0.39, 0.29) is 18.3 Å². The van der Waals surface area contributed by atoms with Gasteiger partial charge in [0.15, 0.2) is 11.5 Å². The van der Waals surface area contributed by atoms with Gasteiger partial charge in [0.2, 0.25) is 0 Å². The Hall–Kier alpha value is -3.01. The third-order valence-electron chi connectivity index (χ3n) is 4.99. The number of benzene rings is 1. The molecule has 3 rings (SSSR count). The molecule has 0 aliphatic carbocycles. The first-order valence-electron chi connectivity index (χ1n) is 11.3. The van der Waals surface area contributed by atoms with E-state index in [1.807, 2.05) is 26.0 Å². The average Bonchev–Trinajstić information content (AvgIpc) is 3.17. The minimum absolute atomic E-state index is 0.288. The normalized spacial score (nSPS) is 14.6. The molecule has 0 saturated carbocycles. The fourth-order valence-electron chi connectivity index (χ4n) is 3.27. The molecule has 0 spiro atoms. The van der Waals surface area contributed by atoms with E-state index in [0.717, 1.165) is 5.56 Å². The van der Waals surface area contributed by atoms with Gasteiger partial charge in [-0.05, 0) is 53.7 Å². The summed E-state index contributed by atoms with van der Waals surface area (Å²) in [5.74, 6) is 0.136. The molecule has 0 amide bonds. The molecular formula is C23H33N6O5P. The quantitative estimate of drug-likeness (QED) is 0.293. The molecule has 1 unspecified atom stereocenters. The number of anilines is 1. The van der Waals surface area contributed by atoms with Gasteiger partial charge in [-0.1, -0.05) is 17.7 Å². The van der Waals surface area contributed by atoms with Gasteiger partial charge < -0.3 is 24.3 Å². The molecule has 0 aliphatic heterocycles. The number of nitrogen functional groups attached to an aromatic ring is 1. The van der Waals surface area contributed by atoms with Gasteiger partial charge in [-0.2, -0.15) is 0 Å². The average molecular weight is 505 g/mol. The van der Waals surface area contributed by atoms with E-state index in [0.29, 0.717) is 23.5 Å². The number of fused-ring (bicyclic) bond motifs is 1. The van der Waals surface area contributed by atoms with Crippen molar-refractivity contribution >= 4 is 30.5 Å². The predicted molar refractivity (Wildman–Crippen MR) is 133 cm³/mol. The van der Waals surface area contributed by atoms with Gasteiger partial charge in [0.05, 0.1) is 25.1 Å². The van der Waals surface area contributed by atoms with Crippen molar-refractivity contribution in [2.45, 2.75) is 65.8 Å². The molecule has 3 aromatic rings. The third-order valence-corrected chi connectivity index (χ3v) is 6.88. The van der Waals surface area contributed by atoms with E-state index in [9.17, 15) is 9.36 Å². The van der Waals surface area contributed by atoms with E-state index < -0.39 is 25.1 Å². The highest BCUT2D eigenvalue weighted by Crippen LogP contribution is 2.45. The first kappa shape index (κ1) is 26.6. The Morgan fingerprint density at radius 1 is 1.17 bits per heavy atom. The Morgan fingerprint density at radius 2 is 1.86 bits per heavy atom. The SMILES string of the molecule is Cc1ccc(OP(=O)(CO[C@H](C)Cn2cnc3c(N)ncnc32)NC(C)(C)C(=O)OC(C)C)cc1. The maximum Gasteiger partial charge on any atom is 0.342 e. The maximum atomic E-state index is 13.9. The van der Waals surface area contributed by atoms with E-state index in [4.69, 9.17) is 19.7 Å². The molecule has 0 fully saturated rings. The van der Waals surface area contributed by atoms with Crippen LogP contribution in [0.4, 0.5) is 5.82 Å². The molecule has 3 N–H and O–H groups in total. The fraction of sp³-hybridized carbons (Fsp3) is 0.478. The number of nitrogens with two attached hydrogens (primary N) is 1. The summed E-state index contributed by atoms with van der Waals surface area (Å²) in [7, 11) is -3.72. The molecule has 12 heteroatoms. The number of esters is 1. The minimum Gasteiger partial charge on any atom is -0.462 e. The number of aryl methyl sites for hydroxylation is 1. The third kappa shape index (κ3) is 7.00. The van der Waals surface area contributed by atoms with Crippen LogP contribution in [-0.2, 0) is 25.4 Å². The Morgan fingerprint density at radius 3 is 2.51 bits per heavy atom. The van der Waals surface area contributed by atoms with Crippen LogP contribution >= 0.6 is 7.52 Å². The van der Waals surface area contributed by atoms with Gasteiger partial charge >= 0.3 is 13.5 Å². The maximum absolute atomic E-state index is 13.9. The molecule has 190 valence electrons. The first-order chi connectivity index (χ1) is 16.4. The van der Waals surface area contributed by atoms with Crippen molar-refractivity contribution in [2.75, 3.05) is 12.1 Å². The van der Waals surface area contributed by atoms with Crippen LogP contribution in [0, 0.1) is 6.92 Å². The second kappa shape index (κ2) is 10.7.